The van der Waals surface area contributed by atoms with E-state index >= 15 is 0 Å². The summed E-state index contributed by atoms with van der Waals surface area (Å²) in [6.45, 7) is 5.45. The number of halogens is 3. The van der Waals surface area contributed by atoms with E-state index in [0.29, 0.717) is 23.1 Å². The summed E-state index contributed by atoms with van der Waals surface area (Å²) in [5, 5.41) is 13.6. The Kier molecular flexibility index (Phi) is 9.48. The number of anilines is 2. The molecule has 2 aromatic heterocycles. The number of pyridine rings is 2. The van der Waals surface area contributed by atoms with Crippen LogP contribution in [0.15, 0.2) is 65.8 Å². The van der Waals surface area contributed by atoms with Gasteiger partial charge in [0.15, 0.2) is 0 Å². The Morgan fingerprint density at radius 2 is 1.72 bits per heavy atom. The van der Waals surface area contributed by atoms with E-state index in [-0.39, 0.29) is 55.8 Å². The molecular weight excluding hydrogens is 641 g/mol. The van der Waals surface area contributed by atoms with E-state index in [9.17, 15) is 36.3 Å². The highest BCUT2D eigenvalue weighted by Crippen LogP contribution is 2.30. The largest absolute Gasteiger partial charge is 0.444 e. The second-order valence-electron chi connectivity index (χ2n) is 12.3. The van der Waals surface area contributed by atoms with Gasteiger partial charge < -0.3 is 15.2 Å². The van der Waals surface area contributed by atoms with Crippen molar-refractivity contribution in [2.24, 2.45) is 0 Å². The van der Waals surface area contributed by atoms with Gasteiger partial charge in [0, 0.05) is 38.6 Å². The normalized spacial score (nSPS) is 19.9. The lowest BCUT2D eigenvalue weighted by atomic mass is 10.0. The van der Waals surface area contributed by atoms with Crippen LogP contribution in [0.1, 0.15) is 32.8 Å². The minimum atomic E-state index is -4.52. The molecule has 5 rings (SSSR count). The number of amides is 2. The molecule has 12 nitrogen and oxygen atoms in total. The number of sulfonamides is 1. The highest BCUT2D eigenvalue weighted by Gasteiger charge is 2.36. The van der Waals surface area contributed by atoms with Gasteiger partial charge >= 0.3 is 12.3 Å². The average Bonchev–Trinajstić information content (AvgIpc) is 3.01. The van der Waals surface area contributed by atoms with Crippen molar-refractivity contribution >= 4 is 33.7 Å². The molecule has 2 atom stereocenters. The van der Waals surface area contributed by atoms with Crippen molar-refractivity contribution in [1.29, 1.82) is 0 Å². The van der Waals surface area contributed by atoms with Gasteiger partial charge in [-0.25, -0.2) is 23.2 Å². The van der Waals surface area contributed by atoms with Crippen molar-refractivity contribution in [3.8, 4) is 11.1 Å². The van der Waals surface area contributed by atoms with Crippen LogP contribution >= 0.6 is 0 Å². The number of carbonyl (C=O) groups is 2. The van der Waals surface area contributed by atoms with Gasteiger partial charge in [0.05, 0.1) is 22.6 Å². The number of piperazine rings is 1. The van der Waals surface area contributed by atoms with Crippen molar-refractivity contribution in [2.75, 3.05) is 42.9 Å². The summed E-state index contributed by atoms with van der Waals surface area (Å²) in [5.74, 6) is 0.218. The first kappa shape index (κ1) is 34.1. The number of aromatic nitrogens is 2. The van der Waals surface area contributed by atoms with Crippen LogP contribution in [0.4, 0.5) is 29.6 Å². The summed E-state index contributed by atoms with van der Waals surface area (Å²) in [5.41, 5.74) is -0.207. The molecule has 2 N–H and O–H groups in total. The number of hydrogen-bond donors (Lipinski definition) is 2. The fourth-order valence-electron chi connectivity index (χ4n) is 5.24. The Hall–Kier alpha value is -4.28. The Labute approximate surface area is 270 Å². The molecule has 16 heteroatoms. The molecule has 0 spiro atoms. The number of aliphatic hydroxyl groups excluding tert-OH is 1. The highest BCUT2D eigenvalue weighted by molar-refractivity contribution is 7.89. The van der Waals surface area contributed by atoms with Gasteiger partial charge in [0.1, 0.15) is 23.8 Å². The second-order valence-corrected chi connectivity index (χ2v) is 14.2. The smallest absolute Gasteiger partial charge is 0.417 e. The third-order valence-corrected chi connectivity index (χ3v) is 9.57. The number of β-amino-alcohol motifs (C(OH)–C–C–N with tert-alkyl or cyclic N) is 1. The number of carbonyl (C=O) groups excluding carboxylic acids is 2. The monoisotopic (exact) mass is 676 g/mol. The zero-order chi connectivity index (χ0) is 34.1. The fraction of sp³-hybridized carbons (Fsp3) is 0.419. The first-order chi connectivity index (χ1) is 22.0. The first-order valence-corrected chi connectivity index (χ1v) is 16.3. The number of aliphatic hydroxyl groups is 1. The van der Waals surface area contributed by atoms with Crippen molar-refractivity contribution in [3.63, 3.8) is 0 Å². The third kappa shape index (κ3) is 8.00. The number of ether oxygens (including phenoxy) is 1. The minimum absolute atomic E-state index is 0.0204. The van der Waals surface area contributed by atoms with Crippen molar-refractivity contribution < 1.29 is 41.0 Å². The number of alkyl halides is 3. The molecule has 0 bridgehead atoms. The Bertz CT molecular complexity index is 1720. The molecule has 0 radical (unpaired) electrons. The molecule has 0 aliphatic carbocycles. The van der Waals surface area contributed by atoms with Crippen LogP contribution in [0.25, 0.3) is 11.1 Å². The van der Waals surface area contributed by atoms with E-state index in [1.165, 1.54) is 21.9 Å². The van der Waals surface area contributed by atoms with Crippen LogP contribution in [0.3, 0.4) is 0 Å². The maximum Gasteiger partial charge on any atom is 0.417 e. The fourth-order valence-corrected chi connectivity index (χ4v) is 6.71. The number of nitrogens with one attached hydrogen (secondary N) is 1. The Morgan fingerprint density at radius 3 is 2.32 bits per heavy atom. The molecule has 0 saturated carbocycles. The molecule has 4 heterocycles. The number of benzene rings is 1. The maximum absolute atomic E-state index is 13.4. The van der Waals surface area contributed by atoms with Gasteiger partial charge in [-0.3, -0.25) is 14.6 Å². The van der Waals surface area contributed by atoms with Gasteiger partial charge in [0.25, 0.3) is 0 Å². The summed E-state index contributed by atoms with van der Waals surface area (Å²) in [6, 6.07) is 11.1. The summed E-state index contributed by atoms with van der Waals surface area (Å²) in [7, 11) is -3.97. The average molecular weight is 677 g/mol. The lowest BCUT2D eigenvalue weighted by molar-refractivity contribution is -0.137. The number of nitrogens with zero attached hydrogens (tertiary/aromatic N) is 5. The van der Waals surface area contributed by atoms with Crippen LogP contribution in [-0.2, 0) is 25.7 Å². The van der Waals surface area contributed by atoms with Crippen LogP contribution in [0.2, 0.25) is 0 Å². The molecule has 2 aliphatic heterocycles. The van der Waals surface area contributed by atoms with Crippen LogP contribution in [-0.4, -0.2) is 95.2 Å². The van der Waals surface area contributed by atoms with Crippen molar-refractivity contribution in [2.45, 2.75) is 56.0 Å². The lowest BCUT2D eigenvalue weighted by Gasteiger charge is -2.35. The quantitative estimate of drug-likeness (QED) is 0.396. The lowest BCUT2D eigenvalue weighted by Crippen LogP contribution is -2.53. The zero-order valence-corrected chi connectivity index (χ0v) is 26.8. The Morgan fingerprint density at radius 1 is 1.00 bits per heavy atom. The predicted molar refractivity (Wildman–Crippen MR) is 166 cm³/mol. The molecule has 2 saturated heterocycles. The molecule has 1 aromatic carbocycles. The van der Waals surface area contributed by atoms with Gasteiger partial charge in [-0.1, -0.05) is 12.1 Å². The topological polar surface area (TPSA) is 145 Å². The minimum Gasteiger partial charge on any atom is -0.444 e. The van der Waals surface area contributed by atoms with E-state index in [1.54, 1.807) is 51.2 Å². The third-order valence-electron chi connectivity index (χ3n) is 7.69. The number of hydrogen-bond acceptors (Lipinski definition) is 9. The molecular formula is C31H35F3N6O6S. The SMILES string of the molecule is CC(C)(C)OC(=O)N1CCN(c2cc(-c3ccc(S(=O)(=O)N4CC[C@@H](Nc5ccc(C(F)(F)F)cn5)[C@@H](O)C4)cc3)ccn2)C(=O)C1. The van der Waals surface area contributed by atoms with Gasteiger partial charge in [0.2, 0.25) is 15.9 Å². The molecule has 3 aromatic rings. The zero-order valence-electron chi connectivity index (χ0n) is 25.9. The van der Waals surface area contributed by atoms with Gasteiger partial charge in [-0.2, -0.15) is 17.5 Å². The van der Waals surface area contributed by atoms with E-state index in [4.69, 9.17) is 4.74 Å². The summed E-state index contributed by atoms with van der Waals surface area (Å²) in [4.78, 5) is 36.3. The highest BCUT2D eigenvalue weighted by atomic mass is 32.2. The molecule has 252 valence electrons. The van der Waals surface area contributed by atoms with Crippen LogP contribution < -0.4 is 10.2 Å². The molecule has 47 heavy (non-hydrogen) atoms. The first-order valence-electron chi connectivity index (χ1n) is 14.8. The van der Waals surface area contributed by atoms with Crippen LogP contribution in [0, 0.1) is 0 Å². The molecule has 2 aliphatic rings. The van der Waals surface area contributed by atoms with Crippen molar-refractivity contribution in [1.82, 2.24) is 19.2 Å². The van der Waals surface area contributed by atoms with E-state index < -0.39 is 45.6 Å². The summed E-state index contributed by atoms with van der Waals surface area (Å²) >= 11 is 0. The second kappa shape index (κ2) is 13.1. The number of rotatable bonds is 6. The number of piperidine rings is 1. The predicted octanol–water partition coefficient (Wildman–Crippen LogP) is 3.98. The van der Waals surface area contributed by atoms with Gasteiger partial charge in [-0.05, 0) is 74.7 Å². The molecule has 2 fully saturated rings. The standard InChI is InChI=1S/C31H35F3N6O6S/c1-30(2,3)46-29(43)38-14-15-40(28(42)19-38)27-16-21(10-12-35-27)20-4-7-23(8-5-20)47(44,45)39-13-11-24(25(41)18-39)37-26-9-6-22(17-36-26)31(32,33)34/h4-10,12,16-17,24-25,41H,11,13-15,18-19H2,1-3H3,(H,36,37)/t24-,25+/m1/s1. The Balaban J connectivity index is 1.21. The van der Waals surface area contributed by atoms with Crippen molar-refractivity contribution in [3.05, 3.63) is 66.5 Å². The summed E-state index contributed by atoms with van der Waals surface area (Å²) in [6.07, 6.45) is -3.78. The van der Waals surface area contributed by atoms with E-state index in [2.05, 4.69) is 15.3 Å². The summed E-state index contributed by atoms with van der Waals surface area (Å²) < 4.78 is 71.8. The van der Waals surface area contributed by atoms with Gasteiger partial charge in [-0.15, -0.1) is 0 Å². The maximum atomic E-state index is 13.4. The van der Waals surface area contributed by atoms with E-state index in [0.717, 1.165) is 16.4 Å². The molecule has 0 unspecified atom stereocenters. The van der Waals surface area contributed by atoms with Crippen LogP contribution in [0.5, 0.6) is 0 Å². The molecule has 2 amide bonds. The van der Waals surface area contributed by atoms with E-state index in [1.807, 2.05) is 0 Å².